The van der Waals surface area contributed by atoms with Crippen LogP contribution in [0.5, 0.6) is 0 Å². The Hall–Kier alpha value is -3.99. The van der Waals surface area contributed by atoms with Gasteiger partial charge in [-0.05, 0) is 62.2 Å². The molecule has 3 heterocycles. The van der Waals surface area contributed by atoms with E-state index in [0.717, 1.165) is 37.3 Å². The summed E-state index contributed by atoms with van der Waals surface area (Å²) < 4.78 is 26.3. The Bertz CT molecular complexity index is 1510. The van der Waals surface area contributed by atoms with Crippen molar-refractivity contribution in [2.75, 3.05) is 35.7 Å². The van der Waals surface area contributed by atoms with Crippen LogP contribution in [-0.2, 0) is 16.3 Å². The number of aromatic nitrogens is 2. The lowest BCUT2D eigenvalue weighted by Crippen LogP contribution is -2.39. The third kappa shape index (κ3) is 4.15. The molecule has 0 atom stereocenters. The van der Waals surface area contributed by atoms with Gasteiger partial charge in [0.25, 0.3) is 5.91 Å². The molecule has 0 fully saturated rings. The number of nitrogens with two attached hydrogens (primary N) is 1. The Morgan fingerprint density at radius 3 is 2.33 bits per heavy atom. The first kappa shape index (κ1) is 23.7. The summed E-state index contributed by atoms with van der Waals surface area (Å²) in [6.07, 6.45) is 2.37. The van der Waals surface area contributed by atoms with E-state index in [1.807, 2.05) is 31.2 Å². The lowest BCUT2D eigenvalue weighted by Gasteiger charge is -2.30. The molecule has 2 aliphatic heterocycles. The first-order chi connectivity index (χ1) is 17.1. The number of benzene rings is 2. The number of primary amides is 1. The lowest BCUT2D eigenvalue weighted by atomic mass is 10.1. The molecule has 1 aromatic heterocycles. The van der Waals surface area contributed by atoms with Gasteiger partial charge in [0.05, 0.1) is 5.69 Å². The van der Waals surface area contributed by atoms with E-state index < -0.39 is 15.7 Å². The van der Waals surface area contributed by atoms with Crippen molar-refractivity contribution in [2.45, 2.75) is 24.8 Å². The minimum absolute atomic E-state index is 0.134. The minimum atomic E-state index is -3.70. The smallest absolute Gasteiger partial charge is 0.277 e. The van der Waals surface area contributed by atoms with Gasteiger partial charge in [0, 0.05) is 48.4 Å². The standard InChI is InChI=1S/C25H26N6O4S/c1-16-27-12-4-13-29(16)18-7-9-19(10-8-18)30-14-11-21-22(25(30)33)31(28-24(21)36(2,34)35)20-6-3-5-17(15-20)23(26)32/h3,5-10,15H,4,11-14H2,1-2H3,(H2,26,32). The van der Waals surface area contributed by atoms with Crippen LogP contribution in [0.15, 0.2) is 58.5 Å². The molecule has 11 heteroatoms. The molecule has 0 saturated carbocycles. The highest BCUT2D eigenvalue weighted by Gasteiger charge is 2.36. The number of carbonyl (C=O) groups is 2. The molecule has 2 aliphatic rings. The van der Waals surface area contributed by atoms with Gasteiger partial charge in [0.15, 0.2) is 14.9 Å². The Morgan fingerprint density at radius 1 is 1.00 bits per heavy atom. The predicted octanol–water partition coefficient (Wildman–Crippen LogP) is 2.21. The van der Waals surface area contributed by atoms with E-state index in [1.54, 1.807) is 23.1 Å². The Labute approximate surface area is 208 Å². The first-order valence-electron chi connectivity index (χ1n) is 11.6. The summed E-state index contributed by atoms with van der Waals surface area (Å²) in [5.74, 6) is -0.0436. The van der Waals surface area contributed by atoms with E-state index in [9.17, 15) is 18.0 Å². The number of hydrogen-bond donors (Lipinski definition) is 1. The summed E-state index contributed by atoms with van der Waals surface area (Å²) in [5, 5.41) is 4.17. The zero-order chi connectivity index (χ0) is 25.6. The van der Waals surface area contributed by atoms with Gasteiger partial charge in [-0.3, -0.25) is 14.6 Å². The molecule has 0 radical (unpaired) electrons. The average Bonchev–Trinajstić information content (AvgIpc) is 3.26. The van der Waals surface area contributed by atoms with Crippen LogP contribution in [-0.4, -0.2) is 61.7 Å². The van der Waals surface area contributed by atoms with Crippen molar-refractivity contribution >= 4 is 38.9 Å². The van der Waals surface area contributed by atoms with Gasteiger partial charge in [0.1, 0.15) is 11.5 Å². The highest BCUT2D eigenvalue weighted by Crippen LogP contribution is 2.32. The zero-order valence-corrected chi connectivity index (χ0v) is 20.8. The van der Waals surface area contributed by atoms with Crippen molar-refractivity contribution in [1.29, 1.82) is 0 Å². The topological polar surface area (TPSA) is 131 Å². The van der Waals surface area contributed by atoms with Gasteiger partial charge in [-0.25, -0.2) is 13.1 Å². The highest BCUT2D eigenvalue weighted by atomic mass is 32.2. The van der Waals surface area contributed by atoms with Crippen molar-refractivity contribution in [2.24, 2.45) is 10.7 Å². The number of nitrogens with zero attached hydrogens (tertiary/aromatic N) is 5. The van der Waals surface area contributed by atoms with E-state index in [0.29, 0.717) is 29.9 Å². The first-order valence-corrected chi connectivity index (χ1v) is 13.5. The maximum Gasteiger partial charge on any atom is 0.277 e. The van der Waals surface area contributed by atoms with Crippen LogP contribution in [0, 0.1) is 0 Å². The molecular formula is C25H26N6O4S. The normalized spacial score (nSPS) is 16.1. The molecule has 0 saturated heterocycles. The van der Waals surface area contributed by atoms with Crippen LogP contribution in [0.3, 0.4) is 0 Å². The number of sulfone groups is 1. The van der Waals surface area contributed by atoms with Gasteiger partial charge in [0.2, 0.25) is 5.91 Å². The second-order valence-electron chi connectivity index (χ2n) is 8.89. The zero-order valence-electron chi connectivity index (χ0n) is 20.0. The summed E-state index contributed by atoms with van der Waals surface area (Å²) in [4.78, 5) is 33.7. The number of amides is 2. The molecule has 36 heavy (non-hydrogen) atoms. The number of amidine groups is 1. The van der Waals surface area contributed by atoms with E-state index in [-0.39, 0.29) is 22.2 Å². The van der Waals surface area contributed by atoms with Gasteiger partial charge in [-0.15, -0.1) is 0 Å². The molecule has 0 aliphatic carbocycles. The van der Waals surface area contributed by atoms with Crippen LogP contribution in [0.25, 0.3) is 5.69 Å². The summed E-state index contributed by atoms with van der Waals surface area (Å²) in [5.41, 5.74) is 8.25. The van der Waals surface area contributed by atoms with Gasteiger partial charge >= 0.3 is 0 Å². The third-order valence-corrected chi connectivity index (χ3v) is 7.48. The molecule has 2 N–H and O–H groups in total. The lowest BCUT2D eigenvalue weighted by molar-refractivity contribution is 0.0971. The molecule has 2 aromatic carbocycles. The molecule has 2 amide bonds. The van der Waals surface area contributed by atoms with E-state index in [1.165, 1.54) is 10.7 Å². The Kier molecular flexibility index (Phi) is 5.87. The van der Waals surface area contributed by atoms with E-state index >= 15 is 0 Å². The molecule has 0 bridgehead atoms. The number of fused-ring (bicyclic) bond motifs is 1. The van der Waals surface area contributed by atoms with Gasteiger partial charge < -0.3 is 15.5 Å². The number of aliphatic imine (C=N–C) groups is 1. The van der Waals surface area contributed by atoms with Crippen molar-refractivity contribution in [1.82, 2.24) is 9.78 Å². The highest BCUT2D eigenvalue weighted by molar-refractivity contribution is 7.90. The molecule has 0 spiro atoms. The number of hydrogen-bond acceptors (Lipinski definition) is 7. The SMILES string of the molecule is CC1=NCCCN1c1ccc(N2CCc3c(S(C)(=O)=O)nn(-c4cccc(C(N)=O)c4)c3C2=O)cc1. The molecule has 186 valence electrons. The predicted molar refractivity (Wildman–Crippen MR) is 137 cm³/mol. The molecule has 10 nitrogen and oxygen atoms in total. The Balaban J connectivity index is 1.55. The van der Waals surface area contributed by atoms with Crippen LogP contribution in [0.1, 0.15) is 39.8 Å². The van der Waals surface area contributed by atoms with Crippen molar-refractivity contribution < 1.29 is 18.0 Å². The van der Waals surface area contributed by atoms with E-state index in [2.05, 4.69) is 15.0 Å². The number of rotatable bonds is 5. The summed E-state index contributed by atoms with van der Waals surface area (Å²) in [7, 11) is -3.70. The van der Waals surface area contributed by atoms with Crippen LogP contribution < -0.4 is 15.5 Å². The molecule has 3 aromatic rings. The quantitative estimate of drug-likeness (QED) is 0.565. The van der Waals surface area contributed by atoms with Gasteiger partial charge in [-0.1, -0.05) is 6.07 Å². The maximum atomic E-state index is 13.8. The average molecular weight is 507 g/mol. The van der Waals surface area contributed by atoms with Crippen LogP contribution in [0.2, 0.25) is 0 Å². The maximum absolute atomic E-state index is 13.8. The molecule has 0 unspecified atom stereocenters. The number of carbonyl (C=O) groups excluding carboxylic acids is 2. The number of anilines is 2. The second-order valence-corrected chi connectivity index (χ2v) is 10.8. The fourth-order valence-electron chi connectivity index (χ4n) is 4.70. The summed E-state index contributed by atoms with van der Waals surface area (Å²) in [6, 6.07) is 14.0. The molecular weight excluding hydrogens is 480 g/mol. The van der Waals surface area contributed by atoms with Crippen molar-refractivity contribution in [3.05, 3.63) is 65.4 Å². The monoisotopic (exact) mass is 506 g/mol. The van der Waals surface area contributed by atoms with Crippen LogP contribution >= 0.6 is 0 Å². The second kappa shape index (κ2) is 8.90. The summed E-state index contributed by atoms with van der Waals surface area (Å²) >= 11 is 0. The fourth-order valence-corrected chi connectivity index (χ4v) is 5.57. The van der Waals surface area contributed by atoms with Crippen LogP contribution in [0.4, 0.5) is 11.4 Å². The third-order valence-electron chi connectivity index (χ3n) is 6.45. The largest absolute Gasteiger partial charge is 0.366 e. The van der Waals surface area contributed by atoms with Crippen molar-refractivity contribution in [3.8, 4) is 5.69 Å². The summed E-state index contributed by atoms with van der Waals surface area (Å²) in [6.45, 7) is 4.01. The Morgan fingerprint density at radius 2 is 1.69 bits per heavy atom. The molecule has 5 rings (SSSR count). The minimum Gasteiger partial charge on any atom is -0.366 e. The van der Waals surface area contributed by atoms with E-state index in [4.69, 9.17) is 5.73 Å². The fraction of sp³-hybridized carbons (Fsp3) is 0.280. The van der Waals surface area contributed by atoms with Crippen molar-refractivity contribution in [3.63, 3.8) is 0 Å². The van der Waals surface area contributed by atoms with Gasteiger partial charge in [-0.2, -0.15) is 5.10 Å².